The van der Waals surface area contributed by atoms with E-state index in [0.717, 1.165) is 37.4 Å². The van der Waals surface area contributed by atoms with Crippen LogP contribution in [0.5, 0.6) is 5.75 Å². The number of rotatable bonds is 6. The Labute approximate surface area is 202 Å². The predicted molar refractivity (Wildman–Crippen MR) is 128 cm³/mol. The first-order valence-electron chi connectivity index (χ1n) is 11.6. The molecule has 184 valence electrons. The minimum absolute atomic E-state index is 0.112. The SMILES string of the molecule is CC(=O)NC[C@@H]1OC(=O)N2c3ccc(N4CCN(Cc5cccc([N+](=O)[O-])c5)CC4)cc3OC[C@@H]12. The van der Waals surface area contributed by atoms with Crippen LogP contribution in [0.25, 0.3) is 0 Å². The highest BCUT2D eigenvalue weighted by molar-refractivity contribution is 5.94. The van der Waals surface area contributed by atoms with Crippen molar-refractivity contribution in [1.82, 2.24) is 10.2 Å². The summed E-state index contributed by atoms with van der Waals surface area (Å²) >= 11 is 0. The van der Waals surface area contributed by atoms with E-state index in [4.69, 9.17) is 9.47 Å². The summed E-state index contributed by atoms with van der Waals surface area (Å²) < 4.78 is 11.5. The van der Waals surface area contributed by atoms with Crippen molar-refractivity contribution in [3.63, 3.8) is 0 Å². The van der Waals surface area contributed by atoms with Crippen LogP contribution in [0.3, 0.4) is 0 Å². The highest BCUT2D eigenvalue weighted by Gasteiger charge is 2.46. The Morgan fingerprint density at radius 3 is 2.71 bits per heavy atom. The fourth-order valence-electron chi connectivity index (χ4n) is 4.83. The number of piperazine rings is 1. The Hall–Kier alpha value is -3.86. The van der Waals surface area contributed by atoms with Gasteiger partial charge in [-0.1, -0.05) is 12.1 Å². The molecule has 11 nitrogen and oxygen atoms in total. The van der Waals surface area contributed by atoms with Gasteiger partial charge in [0, 0.05) is 63.5 Å². The zero-order chi connectivity index (χ0) is 24.5. The second-order valence-electron chi connectivity index (χ2n) is 8.95. The molecule has 2 saturated heterocycles. The number of fused-ring (bicyclic) bond motifs is 3. The van der Waals surface area contributed by atoms with Crippen LogP contribution >= 0.6 is 0 Å². The second-order valence-corrected chi connectivity index (χ2v) is 8.95. The zero-order valence-corrected chi connectivity index (χ0v) is 19.4. The van der Waals surface area contributed by atoms with E-state index >= 15 is 0 Å². The Morgan fingerprint density at radius 1 is 1.17 bits per heavy atom. The number of non-ortho nitro benzene ring substituents is 1. The van der Waals surface area contributed by atoms with Crippen LogP contribution in [0.4, 0.5) is 21.9 Å². The number of nitrogens with zero attached hydrogens (tertiary/aromatic N) is 4. The Bertz CT molecular complexity index is 1150. The van der Waals surface area contributed by atoms with Gasteiger partial charge < -0.3 is 19.7 Å². The summed E-state index contributed by atoms with van der Waals surface area (Å²) in [5, 5.41) is 13.7. The zero-order valence-electron chi connectivity index (χ0n) is 19.4. The average Bonchev–Trinajstić information content (AvgIpc) is 3.18. The number of carbonyl (C=O) groups is 2. The van der Waals surface area contributed by atoms with Gasteiger partial charge in [-0.3, -0.25) is 24.7 Å². The van der Waals surface area contributed by atoms with Crippen LogP contribution in [-0.4, -0.2) is 73.3 Å². The first kappa shape index (κ1) is 22.9. The highest BCUT2D eigenvalue weighted by Crippen LogP contribution is 2.41. The molecule has 2 amide bonds. The molecule has 1 N–H and O–H groups in total. The third-order valence-electron chi connectivity index (χ3n) is 6.64. The monoisotopic (exact) mass is 481 g/mol. The topological polar surface area (TPSA) is 117 Å². The van der Waals surface area contributed by atoms with Gasteiger partial charge in [0.25, 0.3) is 5.69 Å². The molecule has 11 heteroatoms. The molecule has 35 heavy (non-hydrogen) atoms. The number of amides is 2. The lowest BCUT2D eigenvalue weighted by atomic mass is 10.1. The number of carbonyl (C=O) groups excluding carboxylic acids is 2. The Kier molecular flexibility index (Phi) is 6.16. The Morgan fingerprint density at radius 2 is 1.97 bits per heavy atom. The molecule has 3 aliphatic heterocycles. The molecule has 0 aromatic heterocycles. The lowest BCUT2D eigenvalue weighted by molar-refractivity contribution is -0.384. The number of nitrogens with one attached hydrogen (secondary N) is 1. The first-order valence-corrected chi connectivity index (χ1v) is 11.6. The summed E-state index contributed by atoms with van der Waals surface area (Å²) in [6, 6.07) is 12.3. The smallest absolute Gasteiger partial charge is 0.415 e. The van der Waals surface area contributed by atoms with Crippen molar-refractivity contribution in [2.24, 2.45) is 0 Å². The van der Waals surface area contributed by atoms with E-state index in [1.807, 2.05) is 24.3 Å². The number of nitro groups is 1. The molecule has 2 atom stereocenters. The number of hydrogen-bond acceptors (Lipinski definition) is 8. The lowest BCUT2D eigenvalue weighted by Gasteiger charge is -2.37. The summed E-state index contributed by atoms with van der Waals surface area (Å²) in [6.07, 6.45) is -0.893. The maximum absolute atomic E-state index is 12.5. The van der Waals surface area contributed by atoms with Gasteiger partial charge in [-0.2, -0.15) is 0 Å². The Balaban J connectivity index is 1.22. The third kappa shape index (κ3) is 4.72. The van der Waals surface area contributed by atoms with Crippen molar-refractivity contribution in [3.05, 3.63) is 58.1 Å². The predicted octanol–water partition coefficient (Wildman–Crippen LogP) is 2.14. The van der Waals surface area contributed by atoms with E-state index in [0.29, 0.717) is 24.6 Å². The van der Waals surface area contributed by atoms with Gasteiger partial charge in [-0.25, -0.2) is 4.79 Å². The number of benzene rings is 2. The molecule has 2 aromatic rings. The van der Waals surface area contributed by atoms with Crippen molar-refractivity contribution in [2.45, 2.75) is 25.6 Å². The summed E-state index contributed by atoms with van der Waals surface area (Å²) in [6.45, 7) is 5.90. The molecule has 2 aromatic carbocycles. The van der Waals surface area contributed by atoms with Crippen LogP contribution in [0.2, 0.25) is 0 Å². The molecule has 5 rings (SSSR count). The van der Waals surface area contributed by atoms with Crippen molar-refractivity contribution in [1.29, 1.82) is 0 Å². The van der Waals surface area contributed by atoms with Gasteiger partial charge in [0.1, 0.15) is 24.5 Å². The van der Waals surface area contributed by atoms with E-state index in [9.17, 15) is 19.7 Å². The van der Waals surface area contributed by atoms with Crippen molar-refractivity contribution in [3.8, 4) is 5.75 Å². The van der Waals surface area contributed by atoms with Gasteiger partial charge in [0.2, 0.25) is 5.91 Å². The second kappa shape index (κ2) is 9.41. The number of ether oxygens (including phenoxy) is 2. The lowest BCUT2D eigenvalue weighted by Crippen LogP contribution is -2.48. The molecular weight excluding hydrogens is 454 g/mol. The molecule has 0 unspecified atom stereocenters. The minimum Gasteiger partial charge on any atom is -0.489 e. The maximum atomic E-state index is 12.5. The van der Waals surface area contributed by atoms with Crippen molar-refractivity contribution >= 4 is 29.1 Å². The van der Waals surface area contributed by atoms with Crippen LogP contribution < -0.4 is 19.9 Å². The van der Waals surface area contributed by atoms with Gasteiger partial charge in [-0.05, 0) is 17.7 Å². The van der Waals surface area contributed by atoms with E-state index in [-0.39, 0.29) is 29.1 Å². The molecule has 0 aliphatic carbocycles. The van der Waals surface area contributed by atoms with Crippen LogP contribution in [-0.2, 0) is 16.1 Å². The van der Waals surface area contributed by atoms with Gasteiger partial charge >= 0.3 is 6.09 Å². The van der Waals surface area contributed by atoms with Crippen LogP contribution in [0.1, 0.15) is 12.5 Å². The van der Waals surface area contributed by atoms with E-state index in [2.05, 4.69) is 15.1 Å². The molecule has 3 heterocycles. The highest BCUT2D eigenvalue weighted by atomic mass is 16.6. The number of cyclic esters (lactones) is 1. The van der Waals surface area contributed by atoms with E-state index in [1.165, 1.54) is 13.0 Å². The molecular formula is C24H27N5O6. The quantitative estimate of drug-likeness (QED) is 0.493. The fourth-order valence-corrected chi connectivity index (χ4v) is 4.83. The fraction of sp³-hybridized carbons (Fsp3) is 0.417. The molecule has 0 radical (unpaired) electrons. The van der Waals surface area contributed by atoms with Crippen LogP contribution in [0, 0.1) is 10.1 Å². The molecule has 0 spiro atoms. The summed E-state index contributed by atoms with van der Waals surface area (Å²) in [4.78, 5) is 40.6. The summed E-state index contributed by atoms with van der Waals surface area (Å²) in [5.74, 6) is 0.460. The van der Waals surface area contributed by atoms with Crippen LogP contribution in [0.15, 0.2) is 42.5 Å². The molecule has 2 fully saturated rings. The van der Waals surface area contributed by atoms with E-state index in [1.54, 1.807) is 17.0 Å². The third-order valence-corrected chi connectivity index (χ3v) is 6.64. The first-order chi connectivity index (χ1) is 16.9. The van der Waals surface area contributed by atoms with Gasteiger partial charge in [0.05, 0.1) is 17.2 Å². The normalized spacial score (nSPS) is 21.6. The van der Waals surface area contributed by atoms with Gasteiger partial charge in [0.15, 0.2) is 0 Å². The van der Waals surface area contributed by atoms with Crippen molar-refractivity contribution < 1.29 is 24.0 Å². The standard InChI is InChI=1S/C24H27N5O6/c1-16(30)25-13-23-21-15-34-22-12-18(5-6-20(22)28(21)24(31)35-23)27-9-7-26(8-10-27)14-17-3-2-4-19(11-17)29(32)33/h2-6,11-12,21,23H,7-10,13-15H2,1H3,(H,25,30)/t21-,23-/m0/s1. The molecule has 0 saturated carbocycles. The molecule has 3 aliphatic rings. The largest absolute Gasteiger partial charge is 0.489 e. The number of hydrogen-bond donors (Lipinski definition) is 1. The summed E-state index contributed by atoms with van der Waals surface area (Å²) in [7, 11) is 0. The minimum atomic E-state index is -0.460. The van der Waals surface area contributed by atoms with E-state index < -0.39 is 12.2 Å². The number of anilines is 2. The van der Waals surface area contributed by atoms with Crippen molar-refractivity contribution in [2.75, 3.05) is 49.1 Å². The average molecular weight is 482 g/mol. The summed E-state index contributed by atoms with van der Waals surface area (Å²) in [5.41, 5.74) is 2.73. The van der Waals surface area contributed by atoms with Gasteiger partial charge in [-0.15, -0.1) is 0 Å². The maximum Gasteiger partial charge on any atom is 0.415 e. The number of nitro benzene ring substituents is 1. The molecule has 0 bridgehead atoms.